The summed E-state index contributed by atoms with van der Waals surface area (Å²) in [6, 6.07) is 33.2. The van der Waals surface area contributed by atoms with Crippen LogP contribution in [-0.2, 0) is 0 Å². The zero-order valence-corrected chi connectivity index (χ0v) is 14.6. The summed E-state index contributed by atoms with van der Waals surface area (Å²) >= 11 is 0. The number of aromatic nitrogens is 1. The molecule has 0 atom stereocenters. The number of nitrogens with zero attached hydrogens (tertiary/aromatic N) is 1. The third-order valence-corrected chi connectivity index (χ3v) is 6.08. The monoisotopic (exact) mass is 341 g/mol. The third kappa shape index (κ3) is 1.52. The van der Waals surface area contributed by atoms with E-state index in [-0.39, 0.29) is 0 Å². The number of para-hydroxylation sites is 1. The summed E-state index contributed by atoms with van der Waals surface area (Å²) in [7, 11) is 0. The first kappa shape index (κ1) is 13.6. The molecule has 0 radical (unpaired) electrons. The van der Waals surface area contributed by atoms with E-state index in [9.17, 15) is 0 Å². The summed E-state index contributed by atoms with van der Waals surface area (Å²) in [5.41, 5.74) is 3.79. The van der Waals surface area contributed by atoms with Gasteiger partial charge in [-0.3, -0.25) is 0 Å². The molecule has 1 aromatic heterocycles. The van der Waals surface area contributed by atoms with Crippen molar-refractivity contribution >= 4 is 54.1 Å². The molecule has 7 aromatic rings. The fourth-order valence-corrected chi connectivity index (χ4v) is 5.05. The standard InChI is InChI=1S/C26H15N/c1-2-7-18(8-3-1)27-21-11-5-10-20-19-9-4-6-16-12-13-17-14-15-22(27)26(25(20)21)24(17)23(16)19/h1-15H. The fourth-order valence-electron chi connectivity index (χ4n) is 5.05. The molecule has 124 valence electrons. The molecule has 0 N–H and O–H groups in total. The average Bonchev–Trinajstić information content (AvgIpc) is 3.08. The van der Waals surface area contributed by atoms with Crippen LogP contribution in [0.15, 0.2) is 91.0 Å². The molecule has 0 spiro atoms. The molecule has 0 amide bonds. The quantitative estimate of drug-likeness (QED) is 0.221. The van der Waals surface area contributed by atoms with Crippen LogP contribution in [0.3, 0.4) is 0 Å². The molecule has 0 unspecified atom stereocenters. The number of benzene rings is 6. The van der Waals surface area contributed by atoms with Crippen LogP contribution in [0.2, 0.25) is 0 Å². The Balaban J connectivity index is 1.90. The molecule has 0 saturated heterocycles. The lowest BCUT2D eigenvalue weighted by Gasteiger charge is -2.13. The highest BCUT2D eigenvalue weighted by atomic mass is 15.0. The highest BCUT2D eigenvalue weighted by molar-refractivity contribution is 6.40. The maximum absolute atomic E-state index is 2.42. The normalized spacial score (nSPS) is 12.4. The van der Waals surface area contributed by atoms with E-state index in [0.29, 0.717) is 0 Å². The van der Waals surface area contributed by atoms with Gasteiger partial charge in [-0.25, -0.2) is 0 Å². The minimum absolute atomic E-state index is 1.21. The summed E-state index contributed by atoms with van der Waals surface area (Å²) < 4.78 is 2.42. The molecule has 0 aliphatic rings. The summed E-state index contributed by atoms with van der Waals surface area (Å²) in [6.45, 7) is 0. The van der Waals surface area contributed by atoms with Gasteiger partial charge in [-0.05, 0) is 51.2 Å². The minimum atomic E-state index is 1.21. The first-order valence-corrected chi connectivity index (χ1v) is 9.39. The molecular formula is C26H15N. The van der Waals surface area contributed by atoms with Crippen LogP contribution in [0.1, 0.15) is 0 Å². The second-order valence-corrected chi connectivity index (χ2v) is 7.40. The van der Waals surface area contributed by atoms with Gasteiger partial charge < -0.3 is 4.57 Å². The van der Waals surface area contributed by atoms with Crippen molar-refractivity contribution < 1.29 is 0 Å². The lowest BCUT2D eigenvalue weighted by molar-refractivity contribution is 1.18. The lowest BCUT2D eigenvalue weighted by Crippen LogP contribution is -1.92. The van der Waals surface area contributed by atoms with Gasteiger partial charge in [0.2, 0.25) is 0 Å². The minimum Gasteiger partial charge on any atom is -0.309 e. The molecule has 7 rings (SSSR count). The Kier molecular flexibility index (Phi) is 2.30. The topological polar surface area (TPSA) is 4.93 Å². The molecule has 6 aromatic carbocycles. The number of hydrogen-bond donors (Lipinski definition) is 0. The van der Waals surface area contributed by atoms with Gasteiger partial charge in [-0.1, -0.05) is 66.7 Å². The number of hydrogen-bond acceptors (Lipinski definition) is 0. The van der Waals surface area contributed by atoms with Gasteiger partial charge in [0.1, 0.15) is 0 Å². The molecule has 0 saturated carbocycles. The SMILES string of the molecule is c1ccc(-n2c3cccc4c5cccc6ccc7ccc2c(c7c65)c43)cc1. The molecule has 1 nitrogen and oxygen atoms in total. The Hall–Kier alpha value is -3.58. The van der Waals surface area contributed by atoms with Gasteiger partial charge in [0.15, 0.2) is 0 Å². The van der Waals surface area contributed by atoms with Crippen molar-refractivity contribution in [2.75, 3.05) is 0 Å². The summed E-state index contributed by atoms with van der Waals surface area (Å²) in [6.07, 6.45) is 0. The molecule has 0 aliphatic heterocycles. The van der Waals surface area contributed by atoms with Crippen LogP contribution in [0.25, 0.3) is 59.8 Å². The third-order valence-electron chi connectivity index (χ3n) is 6.08. The highest BCUT2D eigenvalue weighted by Crippen LogP contribution is 2.46. The van der Waals surface area contributed by atoms with Crippen molar-refractivity contribution in [1.29, 1.82) is 0 Å². The Bertz CT molecular complexity index is 1600. The fraction of sp³-hybridized carbons (Fsp3) is 0. The van der Waals surface area contributed by atoms with Crippen LogP contribution in [-0.4, -0.2) is 4.57 Å². The van der Waals surface area contributed by atoms with Crippen molar-refractivity contribution in [1.82, 2.24) is 4.57 Å². The Labute approximate surface area is 155 Å². The molecule has 1 heteroatoms. The van der Waals surface area contributed by atoms with Gasteiger partial charge in [-0.2, -0.15) is 0 Å². The average molecular weight is 341 g/mol. The molecule has 27 heavy (non-hydrogen) atoms. The van der Waals surface area contributed by atoms with Gasteiger partial charge in [0.05, 0.1) is 11.0 Å². The van der Waals surface area contributed by atoms with Crippen molar-refractivity contribution in [3.8, 4) is 5.69 Å². The van der Waals surface area contributed by atoms with Crippen LogP contribution < -0.4 is 0 Å². The zero-order chi connectivity index (χ0) is 17.5. The van der Waals surface area contributed by atoms with Crippen molar-refractivity contribution in [2.24, 2.45) is 0 Å². The van der Waals surface area contributed by atoms with E-state index in [2.05, 4.69) is 95.6 Å². The van der Waals surface area contributed by atoms with E-state index >= 15 is 0 Å². The Morgan fingerprint density at radius 1 is 0.407 bits per heavy atom. The predicted octanol–water partition coefficient (Wildman–Crippen LogP) is 7.12. The van der Waals surface area contributed by atoms with E-state index in [4.69, 9.17) is 0 Å². The molecule has 0 bridgehead atoms. The van der Waals surface area contributed by atoms with Gasteiger partial charge >= 0.3 is 0 Å². The maximum atomic E-state index is 2.42. The highest BCUT2D eigenvalue weighted by Gasteiger charge is 2.21. The van der Waals surface area contributed by atoms with Crippen LogP contribution >= 0.6 is 0 Å². The lowest BCUT2D eigenvalue weighted by atomic mass is 9.89. The van der Waals surface area contributed by atoms with E-state index in [1.165, 1.54) is 59.8 Å². The summed E-state index contributed by atoms with van der Waals surface area (Å²) in [5, 5.41) is 10.9. The van der Waals surface area contributed by atoms with E-state index < -0.39 is 0 Å². The Morgan fingerprint density at radius 3 is 1.93 bits per heavy atom. The van der Waals surface area contributed by atoms with E-state index in [1.54, 1.807) is 0 Å². The Morgan fingerprint density at radius 2 is 1.07 bits per heavy atom. The first-order valence-electron chi connectivity index (χ1n) is 9.39. The second-order valence-electron chi connectivity index (χ2n) is 7.40. The molecule has 1 heterocycles. The summed E-state index contributed by atoms with van der Waals surface area (Å²) in [4.78, 5) is 0. The van der Waals surface area contributed by atoms with E-state index in [1.807, 2.05) is 0 Å². The van der Waals surface area contributed by atoms with Crippen LogP contribution in [0.5, 0.6) is 0 Å². The summed E-state index contributed by atoms with van der Waals surface area (Å²) in [5.74, 6) is 0. The molecule has 0 aliphatic carbocycles. The number of rotatable bonds is 1. The second kappa shape index (κ2) is 4.57. The van der Waals surface area contributed by atoms with E-state index in [0.717, 1.165) is 0 Å². The number of fused-ring (bicyclic) bond motifs is 1. The maximum Gasteiger partial charge on any atom is 0.0548 e. The van der Waals surface area contributed by atoms with Gasteiger partial charge in [0.25, 0.3) is 0 Å². The van der Waals surface area contributed by atoms with Crippen LogP contribution in [0.4, 0.5) is 0 Å². The van der Waals surface area contributed by atoms with Crippen molar-refractivity contribution in [2.45, 2.75) is 0 Å². The van der Waals surface area contributed by atoms with Crippen molar-refractivity contribution in [3.05, 3.63) is 91.0 Å². The smallest absolute Gasteiger partial charge is 0.0548 e. The van der Waals surface area contributed by atoms with Crippen molar-refractivity contribution in [3.63, 3.8) is 0 Å². The largest absolute Gasteiger partial charge is 0.309 e. The molecular weight excluding hydrogens is 326 g/mol. The van der Waals surface area contributed by atoms with Gasteiger partial charge in [-0.15, -0.1) is 0 Å². The van der Waals surface area contributed by atoms with Crippen LogP contribution in [0, 0.1) is 0 Å². The predicted molar refractivity (Wildman–Crippen MR) is 116 cm³/mol. The molecule has 0 fully saturated rings. The zero-order valence-electron chi connectivity index (χ0n) is 14.6. The van der Waals surface area contributed by atoms with Gasteiger partial charge in [0, 0.05) is 21.8 Å². The first-order chi connectivity index (χ1) is 13.4.